The summed E-state index contributed by atoms with van der Waals surface area (Å²) in [5.74, 6) is 1.59. The second-order valence-electron chi connectivity index (χ2n) is 5.02. The third-order valence-electron chi connectivity index (χ3n) is 3.26. The average molecular weight is 306 g/mol. The molecule has 0 unspecified atom stereocenters. The van der Waals surface area contributed by atoms with Gasteiger partial charge in [0.25, 0.3) is 0 Å². The summed E-state index contributed by atoms with van der Waals surface area (Å²) in [6.45, 7) is 2.10. The predicted octanol–water partition coefficient (Wildman–Crippen LogP) is 1.84. The van der Waals surface area contributed by atoms with E-state index in [4.69, 9.17) is 0 Å². The number of aromatic amines is 1. The molecule has 2 aromatic heterocycles. The number of anilines is 1. The molecule has 7 nitrogen and oxygen atoms in total. The van der Waals surface area contributed by atoms with Gasteiger partial charge in [0.1, 0.15) is 16.7 Å². The van der Waals surface area contributed by atoms with Gasteiger partial charge in [-0.05, 0) is 31.0 Å². The van der Waals surface area contributed by atoms with E-state index in [1.807, 2.05) is 13.1 Å². The SMILES string of the molecule is CCCc1nc(NC)cc(Sc2n[nH]c(=O)n2C2CC2)n1. The van der Waals surface area contributed by atoms with E-state index < -0.39 is 0 Å². The van der Waals surface area contributed by atoms with Crippen LogP contribution in [0, 0.1) is 0 Å². The first-order valence-corrected chi connectivity index (χ1v) is 7.93. The van der Waals surface area contributed by atoms with Crippen LogP contribution in [-0.2, 0) is 6.42 Å². The minimum absolute atomic E-state index is 0.142. The standard InChI is InChI=1S/C13H18N6OS/c1-3-4-9-15-10(14-2)7-11(16-9)21-13-18-17-12(20)19(13)8-5-6-8/h7-8H,3-6H2,1-2H3,(H,17,20)(H,14,15,16). The molecule has 0 aromatic carbocycles. The van der Waals surface area contributed by atoms with E-state index in [1.165, 1.54) is 11.8 Å². The van der Waals surface area contributed by atoms with Gasteiger partial charge in [-0.2, -0.15) is 0 Å². The molecule has 112 valence electrons. The van der Waals surface area contributed by atoms with Crippen LogP contribution in [0.5, 0.6) is 0 Å². The molecule has 8 heteroatoms. The number of H-pyrrole nitrogens is 1. The molecule has 1 fully saturated rings. The number of nitrogens with zero attached hydrogens (tertiary/aromatic N) is 4. The van der Waals surface area contributed by atoms with Crippen molar-refractivity contribution in [3.05, 3.63) is 22.4 Å². The maximum atomic E-state index is 11.8. The molecule has 2 N–H and O–H groups in total. The first-order chi connectivity index (χ1) is 10.2. The summed E-state index contributed by atoms with van der Waals surface area (Å²) in [5.41, 5.74) is -0.142. The first-order valence-electron chi connectivity index (χ1n) is 7.11. The van der Waals surface area contributed by atoms with Gasteiger partial charge in [-0.1, -0.05) is 6.92 Å². The van der Waals surface area contributed by atoms with Crippen LogP contribution in [0.2, 0.25) is 0 Å². The molecule has 2 heterocycles. The van der Waals surface area contributed by atoms with Crippen molar-refractivity contribution in [1.82, 2.24) is 24.7 Å². The Kier molecular flexibility index (Phi) is 3.96. The Balaban J connectivity index is 1.90. The summed E-state index contributed by atoms with van der Waals surface area (Å²) >= 11 is 1.40. The minimum Gasteiger partial charge on any atom is -0.373 e. The van der Waals surface area contributed by atoms with Crippen molar-refractivity contribution in [1.29, 1.82) is 0 Å². The van der Waals surface area contributed by atoms with Crippen molar-refractivity contribution in [2.24, 2.45) is 0 Å². The Morgan fingerprint density at radius 2 is 2.29 bits per heavy atom. The third kappa shape index (κ3) is 3.10. The van der Waals surface area contributed by atoms with Crippen LogP contribution in [0.25, 0.3) is 0 Å². The highest BCUT2D eigenvalue weighted by Crippen LogP contribution is 2.37. The predicted molar refractivity (Wildman–Crippen MR) is 80.8 cm³/mol. The van der Waals surface area contributed by atoms with Gasteiger partial charge in [0.05, 0.1) is 0 Å². The van der Waals surface area contributed by atoms with Crippen LogP contribution in [0.15, 0.2) is 21.0 Å². The Morgan fingerprint density at radius 1 is 1.48 bits per heavy atom. The first kappa shape index (κ1) is 14.1. The molecule has 0 saturated heterocycles. The van der Waals surface area contributed by atoms with E-state index in [9.17, 15) is 4.79 Å². The number of rotatable bonds is 6. The quantitative estimate of drug-likeness (QED) is 0.792. The largest absolute Gasteiger partial charge is 0.373 e. The molecule has 21 heavy (non-hydrogen) atoms. The normalized spacial score (nSPS) is 14.4. The van der Waals surface area contributed by atoms with Crippen LogP contribution in [0.3, 0.4) is 0 Å². The van der Waals surface area contributed by atoms with Crippen molar-refractivity contribution in [2.45, 2.75) is 48.8 Å². The molecule has 0 aliphatic heterocycles. The summed E-state index contributed by atoms with van der Waals surface area (Å²) in [6.07, 6.45) is 3.91. The topological polar surface area (TPSA) is 88.5 Å². The van der Waals surface area contributed by atoms with Gasteiger partial charge in [0.15, 0.2) is 5.16 Å². The Hall–Kier alpha value is -1.83. The molecular formula is C13H18N6OS. The highest BCUT2D eigenvalue weighted by molar-refractivity contribution is 7.99. The fraction of sp³-hybridized carbons (Fsp3) is 0.538. The molecule has 3 rings (SSSR count). The molecule has 1 aliphatic rings. The van der Waals surface area contributed by atoms with Gasteiger partial charge in [-0.25, -0.2) is 19.9 Å². The Labute approximate surface area is 126 Å². The second-order valence-corrected chi connectivity index (χ2v) is 6.01. The summed E-state index contributed by atoms with van der Waals surface area (Å²) in [4.78, 5) is 20.8. The minimum atomic E-state index is -0.142. The summed E-state index contributed by atoms with van der Waals surface area (Å²) in [7, 11) is 1.83. The third-order valence-corrected chi connectivity index (χ3v) is 4.15. The van der Waals surface area contributed by atoms with E-state index in [2.05, 4.69) is 32.4 Å². The van der Waals surface area contributed by atoms with Gasteiger partial charge in [0.2, 0.25) is 0 Å². The van der Waals surface area contributed by atoms with Crippen LogP contribution >= 0.6 is 11.8 Å². The molecule has 1 saturated carbocycles. The van der Waals surface area contributed by atoms with E-state index in [0.717, 1.165) is 42.4 Å². The van der Waals surface area contributed by atoms with Gasteiger partial charge < -0.3 is 5.32 Å². The molecule has 2 aromatic rings. The highest BCUT2D eigenvalue weighted by Gasteiger charge is 2.29. The van der Waals surface area contributed by atoms with Gasteiger partial charge in [0, 0.05) is 25.6 Å². The maximum Gasteiger partial charge on any atom is 0.344 e. The lowest BCUT2D eigenvalue weighted by Gasteiger charge is -2.07. The molecule has 0 atom stereocenters. The summed E-state index contributed by atoms with van der Waals surface area (Å²) in [5, 5.41) is 11.2. The van der Waals surface area contributed by atoms with Crippen LogP contribution in [-0.4, -0.2) is 31.8 Å². The van der Waals surface area contributed by atoms with E-state index in [-0.39, 0.29) is 5.69 Å². The van der Waals surface area contributed by atoms with Gasteiger partial charge in [-0.3, -0.25) is 4.57 Å². The number of nitrogens with one attached hydrogen (secondary N) is 2. The lowest BCUT2D eigenvalue weighted by atomic mass is 10.3. The molecule has 0 bridgehead atoms. The van der Waals surface area contributed by atoms with Gasteiger partial charge in [-0.15, -0.1) is 5.10 Å². The van der Waals surface area contributed by atoms with E-state index in [0.29, 0.717) is 11.2 Å². The molecule has 0 radical (unpaired) electrons. The van der Waals surface area contributed by atoms with E-state index in [1.54, 1.807) is 4.57 Å². The van der Waals surface area contributed by atoms with Crippen LogP contribution in [0.4, 0.5) is 5.82 Å². The maximum absolute atomic E-state index is 11.8. The van der Waals surface area contributed by atoms with Crippen molar-refractivity contribution in [2.75, 3.05) is 12.4 Å². The van der Waals surface area contributed by atoms with E-state index >= 15 is 0 Å². The molecule has 1 aliphatic carbocycles. The lowest BCUT2D eigenvalue weighted by molar-refractivity contribution is 0.642. The molecule has 0 amide bonds. The molecule has 0 spiro atoms. The smallest absolute Gasteiger partial charge is 0.344 e. The summed E-state index contributed by atoms with van der Waals surface area (Å²) < 4.78 is 1.73. The lowest BCUT2D eigenvalue weighted by Crippen LogP contribution is -2.16. The second kappa shape index (κ2) is 5.88. The Bertz CT molecular complexity index is 690. The fourth-order valence-corrected chi connectivity index (χ4v) is 3.03. The Morgan fingerprint density at radius 3 is 2.95 bits per heavy atom. The number of hydrogen-bond acceptors (Lipinski definition) is 6. The van der Waals surface area contributed by atoms with Crippen molar-refractivity contribution in [3.63, 3.8) is 0 Å². The fourth-order valence-electron chi connectivity index (χ4n) is 2.10. The zero-order valence-corrected chi connectivity index (χ0v) is 12.9. The number of aromatic nitrogens is 5. The van der Waals surface area contributed by atoms with Gasteiger partial charge >= 0.3 is 5.69 Å². The number of hydrogen-bond donors (Lipinski definition) is 2. The molecular weight excluding hydrogens is 288 g/mol. The van der Waals surface area contributed by atoms with Crippen molar-refractivity contribution < 1.29 is 0 Å². The van der Waals surface area contributed by atoms with Crippen LogP contribution < -0.4 is 11.0 Å². The average Bonchev–Trinajstić information content (AvgIpc) is 3.24. The van der Waals surface area contributed by atoms with Crippen LogP contribution in [0.1, 0.15) is 38.1 Å². The zero-order valence-electron chi connectivity index (χ0n) is 12.1. The van der Waals surface area contributed by atoms with Crippen molar-refractivity contribution >= 4 is 17.6 Å². The number of aryl methyl sites for hydroxylation is 1. The zero-order chi connectivity index (χ0) is 14.8. The summed E-state index contributed by atoms with van der Waals surface area (Å²) in [6, 6.07) is 2.17. The highest BCUT2D eigenvalue weighted by atomic mass is 32.2. The monoisotopic (exact) mass is 306 g/mol. The van der Waals surface area contributed by atoms with Crippen molar-refractivity contribution in [3.8, 4) is 0 Å².